The van der Waals surface area contributed by atoms with Gasteiger partial charge in [-0.1, -0.05) is 24.8 Å². The highest BCUT2D eigenvalue weighted by atomic mass is 19.1. The molecular weight excluding hydrogens is 335 g/mol. The van der Waals surface area contributed by atoms with Crippen LogP contribution >= 0.6 is 0 Å². The van der Waals surface area contributed by atoms with E-state index in [1.54, 1.807) is 19.2 Å². The first-order valence-corrected chi connectivity index (χ1v) is 8.87. The molecule has 1 radical (unpaired) electrons. The number of halogens is 1. The lowest BCUT2D eigenvalue weighted by atomic mass is 9.94. The number of rotatable bonds is 5. The van der Waals surface area contributed by atoms with Crippen LogP contribution < -0.4 is 5.32 Å². The van der Waals surface area contributed by atoms with Gasteiger partial charge < -0.3 is 5.32 Å². The van der Waals surface area contributed by atoms with Gasteiger partial charge >= 0.3 is 0 Å². The summed E-state index contributed by atoms with van der Waals surface area (Å²) in [5.74, 6) is -0.206. The first kappa shape index (κ1) is 17.2. The standard InChI is InChI=1S/C24H20FN2/c1-15-13-19(8-10-22(15)25)24-20(5-4-12-27-24)18-9-11-23(26-3)21(14-18)16(2)17-6-7-17/h4-14,26H,2H2,1,3H3. The van der Waals surface area contributed by atoms with E-state index < -0.39 is 0 Å². The summed E-state index contributed by atoms with van der Waals surface area (Å²) in [7, 11) is 1.91. The van der Waals surface area contributed by atoms with Crippen LogP contribution in [0.25, 0.3) is 28.0 Å². The molecule has 1 aliphatic rings. The van der Waals surface area contributed by atoms with Gasteiger partial charge in [0.05, 0.1) is 5.69 Å². The topological polar surface area (TPSA) is 24.9 Å². The maximum Gasteiger partial charge on any atom is 0.126 e. The Labute approximate surface area is 159 Å². The Bertz CT molecular complexity index is 1080. The van der Waals surface area contributed by atoms with Crippen molar-refractivity contribution in [3.8, 4) is 22.4 Å². The lowest BCUT2D eigenvalue weighted by Gasteiger charge is -2.15. The van der Waals surface area contributed by atoms with Crippen LogP contribution in [0.5, 0.6) is 0 Å². The molecule has 0 saturated heterocycles. The van der Waals surface area contributed by atoms with E-state index in [4.69, 9.17) is 0 Å². The number of hydrogen-bond donors (Lipinski definition) is 1. The minimum absolute atomic E-state index is 0.206. The van der Waals surface area contributed by atoms with Crippen molar-refractivity contribution in [2.24, 2.45) is 0 Å². The molecule has 1 aliphatic carbocycles. The molecule has 0 amide bonds. The Morgan fingerprint density at radius 2 is 1.85 bits per heavy atom. The Balaban J connectivity index is 1.84. The minimum atomic E-state index is -0.206. The van der Waals surface area contributed by atoms with Gasteiger partial charge in [-0.15, -0.1) is 0 Å². The van der Waals surface area contributed by atoms with E-state index in [1.807, 2.05) is 25.2 Å². The highest BCUT2D eigenvalue weighted by Crippen LogP contribution is 2.39. The molecule has 1 N–H and O–H groups in total. The zero-order valence-electron chi connectivity index (χ0n) is 15.4. The Kier molecular flexibility index (Phi) is 4.36. The summed E-state index contributed by atoms with van der Waals surface area (Å²) in [6.07, 6.45) is 5.89. The van der Waals surface area contributed by atoms with Gasteiger partial charge in [0, 0.05) is 42.0 Å². The van der Waals surface area contributed by atoms with E-state index >= 15 is 0 Å². The van der Waals surface area contributed by atoms with Crippen molar-refractivity contribution in [1.29, 1.82) is 0 Å². The summed E-state index contributed by atoms with van der Waals surface area (Å²) in [5, 5.41) is 3.24. The van der Waals surface area contributed by atoms with Crippen molar-refractivity contribution in [1.82, 2.24) is 4.98 Å². The van der Waals surface area contributed by atoms with Crippen molar-refractivity contribution < 1.29 is 4.39 Å². The third-order valence-corrected chi connectivity index (χ3v) is 4.85. The van der Waals surface area contributed by atoms with Gasteiger partial charge in [0.2, 0.25) is 0 Å². The maximum absolute atomic E-state index is 13.7. The van der Waals surface area contributed by atoms with Crippen LogP contribution in [0, 0.1) is 19.2 Å². The quantitative estimate of drug-likeness (QED) is 0.601. The Hall–Kier alpha value is -3.20. The minimum Gasteiger partial charge on any atom is -0.388 e. The van der Waals surface area contributed by atoms with Crippen molar-refractivity contribution in [3.63, 3.8) is 0 Å². The number of nitrogens with one attached hydrogen (secondary N) is 1. The summed E-state index contributed by atoms with van der Waals surface area (Å²) >= 11 is 0. The molecule has 0 spiro atoms. The molecule has 1 heterocycles. The smallest absolute Gasteiger partial charge is 0.126 e. The predicted molar refractivity (Wildman–Crippen MR) is 111 cm³/mol. The summed E-state index contributed by atoms with van der Waals surface area (Å²) < 4.78 is 13.7. The summed E-state index contributed by atoms with van der Waals surface area (Å²) in [6, 6.07) is 15.4. The van der Waals surface area contributed by atoms with E-state index in [-0.39, 0.29) is 5.82 Å². The summed E-state index contributed by atoms with van der Waals surface area (Å²) in [6.45, 7) is 6.00. The van der Waals surface area contributed by atoms with Crippen LogP contribution in [0.15, 0.2) is 73.0 Å². The van der Waals surface area contributed by atoms with Crippen LogP contribution in [-0.2, 0) is 0 Å². The molecule has 0 atom stereocenters. The monoisotopic (exact) mass is 355 g/mol. The second-order valence-electron chi connectivity index (χ2n) is 6.64. The SMILES string of the molecule is C=C(C1=C[CH]1)c1cc(-c2cccnc2-c2ccc(F)c(C)c2)ccc1NC. The number of benzene rings is 2. The number of aryl methyl sites for hydroxylation is 1. The van der Waals surface area contributed by atoms with Crippen molar-refractivity contribution in [2.45, 2.75) is 6.92 Å². The van der Waals surface area contributed by atoms with Gasteiger partial charge in [-0.25, -0.2) is 4.39 Å². The third-order valence-electron chi connectivity index (χ3n) is 4.85. The average molecular weight is 355 g/mol. The zero-order chi connectivity index (χ0) is 19.0. The average Bonchev–Trinajstić information content (AvgIpc) is 3.54. The van der Waals surface area contributed by atoms with Crippen LogP contribution in [0.2, 0.25) is 0 Å². The van der Waals surface area contributed by atoms with Crippen LogP contribution in [-0.4, -0.2) is 12.0 Å². The second kappa shape index (κ2) is 6.84. The normalized spacial score (nSPS) is 12.5. The number of nitrogens with zero attached hydrogens (tertiary/aromatic N) is 1. The molecule has 0 fully saturated rings. The first-order chi connectivity index (χ1) is 13.1. The lowest BCUT2D eigenvalue weighted by molar-refractivity contribution is 0.619. The second-order valence-corrected chi connectivity index (χ2v) is 6.64. The van der Waals surface area contributed by atoms with Crippen LogP contribution in [0.3, 0.4) is 0 Å². The van der Waals surface area contributed by atoms with Crippen LogP contribution in [0.4, 0.5) is 10.1 Å². The molecular formula is C24H20FN2. The van der Waals surface area contributed by atoms with E-state index in [9.17, 15) is 4.39 Å². The Morgan fingerprint density at radius 3 is 2.56 bits per heavy atom. The molecule has 2 nitrogen and oxygen atoms in total. The largest absolute Gasteiger partial charge is 0.388 e. The van der Waals surface area contributed by atoms with Gasteiger partial charge in [-0.05, 0) is 65.6 Å². The first-order valence-electron chi connectivity index (χ1n) is 8.87. The highest BCUT2D eigenvalue weighted by Gasteiger charge is 2.18. The maximum atomic E-state index is 13.7. The molecule has 3 aromatic rings. The van der Waals surface area contributed by atoms with Gasteiger partial charge in [0.25, 0.3) is 0 Å². The van der Waals surface area contributed by atoms with Crippen LogP contribution in [0.1, 0.15) is 11.1 Å². The van der Waals surface area contributed by atoms with Gasteiger partial charge in [0.15, 0.2) is 0 Å². The van der Waals surface area contributed by atoms with Crippen molar-refractivity contribution >= 4 is 11.3 Å². The molecule has 2 aromatic carbocycles. The summed E-state index contributed by atoms with van der Waals surface area (Å²) in [4.78, 5) is 4.58. The molecule has 133 valence electrons. The molecule has 0 unspecified atom stereocenters. The molecule has 1 aromatic heterocycles. The van der Waals surface area contributed by atoms with Gasteiger partial charge in [0.1, 0.15) is 5.82 Å². The fraction of sp³-hybridized carbons (Fsp3) is 0.0833. The lowest BCUT2D eigenvalue weighted by Crippen LogP contribution is -1.96. The fourth-order valence-electron chi connectivity index (χ4n) is 3.24. The number of hydrogen-bond acceptors (Lipinski definition) is 2. The number of anilines is 1. The van der Waals surface area contributed by atoms with E-state index in [0.29, 0.717) is 5.56 Å². The number of allylic oxidation sites excluding steroid dienone is 3. The van der Waals surface area contributed by atoms with E-state index in [1.165, 1.54) is 11.6 Å². The summed E-state index contributed by atoms with van der Waals surface area (Å²) in [5.41, 5.74) is 8.69. The molecule has 3 heteroatoms. The van der Waals surface area contributed by atoms with Gasteiger partial charge in [-0.3, -0.25) is 4.98 Å². The van der Waals surface area contributed by atoms with Gasteiger partial charge in [-0.2, -0.15) is 0 Å². The van der Waals surface area contributed by atoms with E-state index in [0.717, 1.165) is 39.2 Å². The molecule has 4 rings (SSSR count). The molecule has 27 heavy (non-hydrogen) atoms. The molecule has 0 bridgehead atoms. The van der Waals surface area contributed by atoms with E-state index in [2.05, 4.69) is 47.6 Å². The third kappa shape index (κ3) is 3.28. The Morgan fingerprint density at radius 1 is 1.07 bits per heavy atom. The highest BCUT2D eigenvalue weighted by molar-refractivity contribution is 5.93. The number of aromatic nitrogens is 1. The fourth-order valence-corrected chi connectivity index (χ4v) is 3.24. The number of pyridine rings is 1. The zero-order valence-corrected chi connectivity index (χ0v) is 15.4. The van der Waals surface area contributed by atoms with Crippen molar-refractivity contribution in [2.75, 3.05) is 12.4 Å². The molecule has 0 saturated carbocycles. The van der Waals surface area contributed by atoms with Crippen molar-refractivity contribution in [3.05, 3.63) is 96.3 Å². The molecule has 0 aliphatic heterocycles. The predicted octanol–water partition coefficient (Wildman–Crippen LogP) is 6.06.